The molecule has 1 aliphatic rings. The Balaban J connectivity index is 2.23. The van der Waals surface area contributed by atoms with Crippen LogP contribution < -0.4 is 0 Å². The lowest BCUT2D eigenvalue weighted by atomic mass is 9.89. The van der Waals surface area contributed by atoms with E-state index < -0.39 is 0 Å². The second kappa shape index (κ2) is 2.94. The van der Waals surface area contributed by atoms with Gasteiger partial charge in [0.05, 0.1) is 0 Å². The Morgan fingerprint density at radius 3 is 2.33 bits per heavy atom. The van der Waals surface area contributed by atoms with Crippen LogP contribution in [0.5, 0.6) is 0 Å². The Hall–Kier alpha value is -1.37. The van der Waals surface area contributed by atoms with Gasteiger partial charge in [-0.25, -0.2) is 0 Å². The molecule has 0 aliphatic heterocycles. The molecule has 1 nitrogen and oxygen atoms in total. The van der Waals surface area contributed by atoms with Crippen molar-refractivity contribution in [1.82, 2.24) is 0 Å². The molecule has 0 spiro atoms. The maximum atomic E-state index is 11.0. The molecule has 12 heavy (non-hydrogen) atoms. The third-order valence-corrected chi connectivity index (χ3v) is 2.12. The Bertz CT molecular complexity index is 322. The molecule has 0 aromatic heterocycles. The van der Waals surface area contributed by atoms with Gasteiger partial charge in [-0.3, -0.25) is 4.79 Å². The minimum absolute atomic E-state index is 0.304. The van der Waals surface area contributed by atoms with E-state index in [9.17, 15) is 4.79 Å². The highest BCUT2D eigenvalue weighted by atomic mass is 16.1. The number of rotatable bonds is 1. The van der Waals surface area contributed by atoms with Crippen molar-refractivity contribution in [3.8, 4) is 0 Å². The number of hydrogen-bond acceptors (Lipinski definition) is 1. The van der Waals surface area contributed by atoms with Gasteiger partial charge in [-0.1, -0.05) is 30.3 Å². The smallest absolute Gasteiger partial charge is 0.159 e. The zero-order chi connectivity index (χ0) is 8.39. The summed E-state index contributed by atoms with van der Waals surface area (Å²) in [5.74, 6) is 0.304. The predicted molar refractivity (Wildman–Crippen MR) is 48.7 cm³/mol. The summed E-state index contributed by atoms with van der Waals surface area (Å²) < 4.78 is 0. The van der Waals surface area contributed by atoms with Gasteiger partial charge in [-0.05, 0) is 23.6 Å². The number of ketones is 1. The van der Waals surface area contributed by atoms with E-state index in [4.69, 9.17) is 0 Å². The van der Waals surface area contributed by atoms with E-state index in [1.54, 1.807) is 0 Å². The molecule has 1 saturated carbocycles. The van der Waals surface area contributed by atoms with Crippen molar-refractivity contribution in [2.45, 2.75) is 12.8 Å². The van der Waals surface area contributed by atoms with Crippen LogP contribution in [0.25, 0.3) is 6.08 Å². The number of Topliss-reactive ketones (excluding diaryl/α,β-unsaturated/α-hetero) is 1. The zero-order valence-electron chi connectivity index (χ0n) is 6.79. The first-order valence-electron chi connectivity index (χ1n) is 4.15. The van der Waals surface area contributed by atoms with Crippen molar-refractivity contribution in [2.24, 2.45) is 0 Å². The highest BCUT2D eigenvalue weighted by Crippen LogP contribution is 2.23. The predicted octanol–water partition coefficient (Wildman–Crippen LogP) is 2.43. The molecule has 1 heteroatoms. The van der Waals surface area contributed by atoms with Crippen LogP contribution in [0.15, 0.2) is 35.9 Å². The molecule has 2 rings (SSSR count). The van der Waals surface area contributed by atoms with Gasteiger partial charge in [0.25, 0.3) is 0 Å². The van der Waals surface area contributed by atoms with Gasteiger partial charge < -0.3 is 0 Å². The average molecular weight is 158 g/mol. The van der Waals surface area contributed by atoms with Gasteiger partial charge in [0, 0.05) is 6.42 Å². The van der Waals surface area contributed by atoms with Crippen molar-refractivity contribution in [1.29, 1.82) is 0 Å². The van der Waals surface area contributed by atoms with Crippen LogP contribution in [0.4, 0.5) is 0 Å². The summed E-state index contributed by atoms with van der Waals surface area (Å²) in [5, 5.41) is 0. The van der Waals surface area contributed by atoms with Crippen molar-refractivity contribution in [3.05, 3.63) is 41.5 Å². The van der Waals surface area contributed by atoms with Gasteiger partial charge in [-0.2, -0.15) is 0 Å². The summed E-state index contributed by atoms with van der Waals surface area (Å²) in [6.07, 6.45) is 3.66. The normalized spacial score (nSPS) is 19.3. The third-order valence-electron chi connectivity index (χ3n) is 2.12. The Labute approximate surface area is 71.7 Å². The molecule has 0 bridgehead atoms. The van der Waals surface area contributed by atoms with Crippen LogP contribution in [0.2, 0.25) is 0 Å². The largest absolute Gasteiger partial charge is 0.295 e. The molecule has 0 amide bonds. The first kappa shape index (κ1) is 7.29. The average Bonchev–Trinajstić information content (AvgIpc) is 2.14. The molecule has 0 radical (unpaired) electrons. The first-order valence-corrected chi connectivity index (χ1v) is 4.15. The Morgan fingerprint density at radius 1 is 1.08 bits per heavy atom. The molecule has 0 heterocycles. The fraction of sp³-hybridized carbons (Fsp3) is 0.182. The molecule has 0 unspecified atom stereocenters. The quantitative estimate of drug-likeness (QED) is 0.574. The lowest BCUT2D eigenvalue weighted by Crippen LogP contribution is -2.13. The molecule has 60 valence electrons. The third kappa shape index (κ3) is 1.30. The first-order chi connectivity index (χ1) is 5.86. The van der Waals surface area contributed by atoms with Gasteiger partial charge in [0.15, 0.2) is 5.78 Å². The SMILES string of the molecule is O=C1CC/C1=C\c1ccccc1. The maximum absolute atomic E-state index is 11.0. The minimum Gasteiger partial charge on any atom is -0.295 e. The fourth-order valence-electron chi connectivity index (χ4n) is 1.27. The van der Waals surface area contributed by atoms with E-state index in [2.05, 4.69) is 0 Å². The molecule has 0 N–H and O–H groups in total. The van der Waals surface area contributed by atoms with Crippen molar-refractivity contribution in [2.75, 3.05) is 0 Å². The molecular formula is C11H10O. The second-order valence-corrected chi connectivity index (χ2v) is 3.00. The van der Waals surface area contributed by atoms with Gasteiger partial charge in [0.1, 0.15) is 0 Å². The van der Waals surface area contributed by atoms with Crippen LogP contribution in [0, 0.1) is 0 Å². The van der Waals surface area contributed by atoms with Crippen LogP contribution in [-0.2, 0) is 4.79 Å². The molecule has 1 aromatic rings. The summed E-state index contributed by atoms with van der Waals surface area (Å²) in [6.45, 7) is 0. The lowest BCUT2D eigenvalue weighted by molar-refractivity contribution is -0.118. The lowest BCUT2D eigenvalue weighted by Gasteiger charge is -2.14. The van der Waals surface area contributed by atoms with Gasteiger partial charge >= 0.3 is 0 Å². The molecular weight excluding hydrogens is 148 g/mol. The number of hydrogen-bond donors (Lipinski definition) is 0. The number of carbonyl (C=O) groups is 1. The highest BCUT2D eigenvalue weighted by Gasteiger charge is 2.19. The minimum atomic E-state index is 0.304. The molecule has 1 aliphatic carbocycles. The van der Waals surface area contributed by atoms with E-state index in [0.29, 0.717) is 5.78 Å². The van der Waals surface area contributed by atoms with Crippen LogP contribution in [-0.4, -0.2) is 5.78 Å². The van der Waals surface area contributed by atoms with Crippen molar-refractivity contribution in [3.63, 3.8) is 0 Å². The van der Waals surface area contributed by atoms with Crippen LogP contribution in [0.3, 0.4) is 0 Å². The summed E-state index contributed by atoms with van der Waals surface area (Å²) >= 11 is 0. The summed E-state index contributed by atoms with van der Waals surface area (Å²) in [7, 11) is 0. The monoisotopic (exact) mass is 158 g/mol. The fourth-order valence-corrected chi connectivity index (χ4v) is 1.27. The van der Waals surface area contributed by atoms with E-state index in [0.717, 1.165) is 24.0 Å². The summed E-state index contributed by atoms with van der Waals surface area (Å²) in [5.41, 5.74) is 2.10. The molecule has 0 atom stereocenters. The second-order valence-electron chi connectivity index (χ2n) is 3.00. The maximum Gasteiger partial charge on any atom is 0.159 e. The topological polar surface area (TPSA) is 17.1 Å². The highest BCUT2D eigenvalue weighted by molar-refractivity contribution is 6.05. The van der Waals surface area contributed by atoms with E-state index >= 15 is 0 Å². The zero-order valence-corrected chi connectivity index (χ0v) is 6.79. The standard InChI is InChI=1S/C11H10O/c12-11-7-6-10(11)8-9-4-2-1-3-5-9/h1-5,8H,6-7H2/b10-8+. The van der Waals surface area contributed by atoms with Gasteiger partial charge in [0.2, 0.25) is 0 Å². The number of allylic oxidation sites excluding steroid dienone is 1. The summed E-state index contributed by atoms with van der Waals surface area (Å²) in [6, 6.07) is 9.97. The molecule has 0 saturated heterocycles. The summed E-state index contributed by atoms with van der Waals surface area (Å²) in [4.78, 5) is 11.0. The number of carbonyl (C=O) groups excluding carboxylic acids is 1. The van der Waals surface area contributed by atoms with Gasteiger partial charge in [-0.15, -0.1) is 0 Å². The van der Waals surface area contributed by atoms with Crippen LogP contribution >= 0.6 is 0 Å². The Kier molecular flexibility index (Phi) is 1.78. The van der Waals surface area contributed by atoms with Crippen molar-refractivity contribution >= 4 is 11.9 Å². The van der Waals surface area contributed by atoms with Crippen LogP contribution in [0.1, 0.15) is 18.4 Å². The number of benzene rings is 1. The Morgan fingerprint density at radius 2 is 1.83 bits per heavy atom. The van der Waals surface area contributed by atoms with Crippen molar-refractivity contribution < 1.29 is 4.79 Å². The van der Waals surface area contributed by atoms with E-state index in [-0.39, 0.29) is 0 Å². The van der Waals surface area contributed by atoms with E-state index in [1.165, 1.54) is 0 Å². The molecule has 1 aromatic carbocycles. The van der Waals surface area contributed by atoms with E-state index in [1.807, 2.05) is 36.4 Å². The molecule has 1 fully saturated rings.